The van der Waals surface area contributed by atoms with Crippen LogP contribution in [0.25, 0.3) is 22.1 Å². The molecule has 166 valence electrons. The molecule has 0 amide bonds. The zero-order valence-electron chi connectivity index (χ0n) is 18.1. The highest BCUT2D eigenvalue weighted by atomic mass is 19.1. The van der Waals surface area contributed by atoms with Crippen LogP contribution in [0.3, 0.4) is 0 Å². The number of fused-ring (bicyclic) bond motifs is 1. The minimum atomic E-state index is -0.434. The number of rotatable bonds is 5. The van der Waals surface area contributed by atoms with E-state index in [1.54, 1.807) is 25.5 Å². The Morgan fingerprint density at radius 2 is 2.09 bits per heavy atom. The summed E-state index contributed by atoms with van der Waals surface area (Å²) in [5.74, 6) is 0.314. The predicted octanol–water partition coefficient (Wildman–Crippen LogP) is 4.79. The summed E-state index contributed by atoms with van der Waals surface area (Å²) in [6, 6.07) is 5.34. The van der Waals surface area contributed by atoms with Crippen molar-refractivity contribution in [2.45, 2.75) is 38.8 Å². The molecule has 5 rings (SSSR count). The van der Waals surface area contributed by atoms with Crippen LogP contribution in [-0.4, -0.2) is 27.9 Å². The standard InChI is InChI=1S/C24H26FN5O2/c1-14-18(4-3-5-21(14)25)15(2)32-23-22-19(11-28-24(23)26)20(13-31-22)16-10-29-30(12-16)17-6-8-27-9-7-17/h3-5,10-13,15,17,27H,6-9H2,1-2H3,(H2,26,28). The quantitative estimate of drug-likeness (QED) is 0.469. The van der Waals surface area contributed by atoms with Gasteiger partial charge in [-0.3, -0.25) is 4.68 Å². The van der Waals surface area contributed by atoms with Crippen LogP contribution >= 0.6 is 0 Å². The van der Waals surface area contributed by atoms with Gasteiger partial charge in [0.25, 0.3) is 0 Å². The minimum Gasteiger partial charge on any atom is -0.478 e. The van der Waals surface area contributed by atoms with Gasteiger partial charge in [0.05, 0.1) is 17.6 Å². The number of nitrogens with two attached hydrogens (primary N) is 1. The molecule has 1 atom stereocenters. The number of nitrogens with zero attached hydrogens (tertiary/aromatic N) is 3. The number of hydrogen-bond donors (Lipinski definition) is 2. The Bertz CT molecular complexity index is 1260. The van der Waals surface area contributed by atoms with Crippen molar-refractivity contribution in [3.63, 3.8) is 0 Å². The van der Waals surface area contributed by atoms with Crippen molar-refractivity contribution in [2.75, 3.05) is 18.8 Å². The lowest BCUT2D eigenvalue weighted by atomic mass is 10.0. The van der Waals surface area contributed by atoms with Gasteiger partial charge >= 0.3 is 0 Å². The predicted molar refractivity (Wildman–Crippen MR) is 121 cm³/mol. The highest BCUT2D eigenvalue weighted by molar-refractivity contribution is 5.97. The van der Waals surface area contributed by atoms with Crippen LogP contribution in [0.2, 0.25) is 0 Å². The number of pyridine rings is 1. The van der Waals surface area contributed by atoms with Gasteiger partial charge < -0.3 is 20.2 Å². The molecular weight excluding hydrogens is 409 g/mol. The van der Waals surface area contributed by atoms with E-state index in [1.807, 2.05) is 23.9 Å². The Morgan fingerprint density at radius 3 is 2.91 bits per heavy atom. The van der Waals surface area contributed by atoms with Gasteiger partial charge in [0, 0.05) is 23.5 Å². The maximum Gasteiger partial charge on any atom is 0.205 e. The zero-order valence-corrected chi connectivity index (χ0v) is 18.1. The van der Waals surface area contributed by atoms with Gasteiger partial charge in [0.1, 0.15) is 18.2 Å². The largest absolute Gasteiger partial charge is 0.478 e. The number of anilines is 1. The van der Waals surface area contributed by atoms with Gasteiger partial charge in [-0.15, -0.1) is 0 Å². The molecule has 0 spiro atoms. The van der Waals surface area contributed by atoms with Gasteiger partial charge in [-0.25, -0.2) is 9.37 Å². The lowest BCUT2D eigenvalue weighted by Gasteiger charge is -2.22. The Balaban J connectivity index is 1.48. The fourth-order valence-corrected chi connectivity index (χ4v) is 4.37. The Morgan fingerprint density at radius 1 is 1.28 bits per heavy atom. The van der Waals surface area contributed by atoms with Gasteiger partial charge in [-0.2, -0.15) is 5.10 Å². The van der Waals surface area contributed by atoms with E-state index in [4.69, 9.17) is 14.9 Å². The molecule has 3 aromatic heterocycles. The van der Waals surface area contributed by atoms with Crippen LogP contribution in [0.4, 0.5) is 10.2 Å². The molecule has 0 aliphatic carbocycles. The van der Waals surface area contributed by atoms with Gasteiger partial charge in [-0.05, 0) is 57.0 Å². The third kappa shape index (κ3) is 3.60. The maximum atomic E-state index is 14.0. The van der Waals surface area contributed by atoms with E-state index in [0.717, 1.165) is 48.0 Å². The Hall–Kier alpha value is -3.39. The van der Waals surface area contributed by atoms with E-state index in [9.17, 15) is 4.39 Å². The normalized spacial score (nSPS) is 15.8. The number of aromatic nitrogens is 3. The SMILES string of the molecule is Cc1c(F)cccc1C(C)Oc1c(N)ncc2c(-c3cnn(C4CCNCC4)c3)coc12. The summed E-state index contributed by atoms with van der Waals surface area (Å²) in [4.78, 5) is 4.33. The lowest BCUT2D eigenvalue weighted by Crippen LogP contribution is -2.29. The molecule has 1 aromatic carbocycles. The van der Waals surface area contributed by atoms with Crippen molar-refractivity contribution in [1.82, 2.24) is 20.1 Å². The molecule has 1 aliphatic heterocycles. The molecule has 0 radical (unpaired) electrons. The van der Waals surface area contributed by atoms with E-state index in [1.165, 1.54) is 6.07 Å². The summed E-state index contributed by atoms with van der Waals surface area (Å²) < 4.78 is 28.1. The highest BCUT2D eigenvalue weighted by Gasteiger charge is 2.22. The molecule has 1 unspecified atom stereocenters. The summed E-state index contributed by atoms with van der Waals surface area (Å²) >= 11 is 0. The highest BCUT2D eigenvalue weighted by Crippen LogP contribution is 2.40. The van der Waals surface area contributed by atoms with Gasteiger partial charge in [0.2, 0.25) is 5.75 Å². The summed E-state index contributed by atoms with van der Waals surface area (Å²) in [6.07, 6.45) is 8.95. The maximum absolute atomic E-state index is 14.0. The van der Waals surface area contributed by atoms with Crippen molar-refractivity contribution in [3.8, 4) is 16.9 Å². The fourth-order valence-electron chi connectivity index (χ4n) is 4.37. The number of furan rings is 1. The molecule has 7 nitrogen and oxygen atoms in total. The minimum absolute atomic E-state index is 0.227. The van der Waals surface area contributed by atoms with Crippen LogP contribution in [-0.2, 0) is 0 Å². The van der Waals surface area contributed by atoms with Crippen LogP contribution in [0.1, 0.15) is 43.0 Å². The monoisotopic (exact) mass is 435 g/mol. The average molecular weight is 436 g/mol. The molecule has 1 aliphatic rings. The molecule has 3 N–H and O–H groups in total. The number of ether oxygens (including phenoxy) is 1. The second-order valence-corrected chi connectivity index (χ2v) is 8.27. The zero-order chi connectivity index (χ0) is 22.2. The van der Waals surface area contributed by atoms with Crippen molar-refractivity contribution < 1.29 is 13.5 Å². The van der Waals surface area contributed by atoms with Crippen molar-refractivity contribution in [2.24, 2.45) is 0 Å². The molecule has 8 heteroatoms. The van der Waals surface area contributed by atoms with Crippen LogP contribution in [0.15, 0.2) is 47.5 Å². The first-order valence-electron chi connectivity index (χ1n) is 10.9. The van der Waals surface area contributed by atoms with Gasteiger partial charge in [0.15, 0.2) is 11.4 Å². The summed E-state index contributed by atoms with van der Waals surface area (Å²) in [5.41, 5.74) is 9.78. The van der Waals surface area contributed by atoms with Crippen LogP contribution in [0, 0.1) is 12.7 Å². The van der Waals surface area contributed by atoms with Crippen LogP contribution in [0.5, 0.6) is 5.75 Å². The number of halogens is 1. The smallest absolute Gasteiger partial charge is 0.205 e. The first-order chi connectivity index (χ1) is 15.5. The Kier molecular flexibility index (Phi) is 5.30. The third-order valence-electron chi connectivity index (χ3n) is 6.24. The number of hydrogen-bond acceptors (Lipinski definition) is 6. The first kappa shape index (κ1) is 20.5. The number of benzene rings is 1. The van der Waals surface area contributed by atoms with E-state index >= 15 is 0 Å². The average Bonchev–Trinajstić information content (AvgIpc) is 3.45. The van der Waals surface area contributed by atoms with Crippen molar-refractivity contribution in [1.29, 1.82) is 0 Å². The lowest BCUT2D eigenvalue weighted by molar-refractivity contribution is 0.226. The fraction of sp³-hybridized carbons (Fsp3) is 0.333. The van der Waals surface area contributed by atoms with Crippen molar-refractivity contribution in [3.05, 3.63) is 60.0 Å². The molecule has 1 fully saturated rings. The van der Waals surface area contributed by atoms with E-state index in [-0.39, 0.29) is 11.6 Å². The molecule has 32 heavy (non-hydrogen) atoms. The Labute approximate surface area is 185 Å². The summed E-state index contributed by atoms with van der Waals surface area (Å²) in [5, 5.41) is 8.76. The molecular formula is C24H26FN5O2. The molecule has 0 saturated carbocycles. The molecule has 0 bridgehead atoms. The molecule has 1 saturated heterocycles. The number of nitrogen functional groups attached to an aromatic ring is 1. The third-order valence-corrected chi connectivity index (χ3v) is 6.24. The van der Waals surface area contributed by atoms with Crippen molar-refractivity contribution >= 4 is 16.8 Å². The second kappa shape index (κ2) is 8.27. The molecule has 4 aromatic rings. The van der Waals surface area contributed by atoms with E-state index in [0.29, 0.717) is 22.9 Å². The second-order valence-electron chi connectivity index (χ2n) is 8.27. The number of nitrogens with one attached hydrogen (secondary N) is 1. The van der Waals surface area contributed by atoms with E-state index < -0.39 is 6.10 Å². The first-order valence-corrected chi connectivity index (χ1v) is 10.9. The summed E-state index contributed by atoms with van der Waals surface area (Å²) in [7, 11) is 0. The van der Waals surface area contributed by atoms with Gasteiger partial charge in [-0.1, -0.05) is 12.1 Å². The topological polar surface area (TPSA) is 91.1 Å². The summed E-state index contributed by atoms with van der Waals surface area (Å²) in [6.45, 7) is 5.59. The number of piperidine rings is 1. The molecule has 4 heterocycles. The van der Waals surface area contributed by atoms with E-state index in [2.05, 4.69) is 21.6 Å². The van der Waals surface area contributed by atoms with Crippen LogP contribution < -0.4 is 15.8 Å².